The molecule has 6 nitrogen and oxygen atoms in total. The van der Waals surface area contributed by atoms with Gasteiger partial charge in [-0.1, -0.05) is 19.1 Å². The van der Waals surface area contributed by atoms with Crippen LogP contribution in [-0.2, 0) is 9.59 Å². The number of hydrogen-bond donors (Lipinski definition) is 1. The molecule has 2 aliphatic heterocycles. The molecule has 0 aromatic heterocycles. The van der Waals surface area contributed by atoms with Gasteiger partial charge in [-0.05, 0) is 87.9 Å². The molecular weight excluding hydrogens is 433 g/mol. The predicted octanol–water partition coefficient (Wildman–Crippen LogP) is 5.22. The lowest BCUT2D eigenvalue weighted by atomic mass is 9.79. The number of hydrogen-bond acceptors (Lipinski definition) is 4. The summed E-state index contributed by atoms with van der Waals surface area (Å²) in [6, 6.07) is 7.65. The number of fused-ring (bicyclic) bond motifs is 1. The summed E-state index contributed by atoms with van der Waals surface area (Å²) in [4.78, 5) is 41.6. The number of urea groups is 1. The van der Waals surface area contributed by atoms with E-state index in [1.54, 1.807) is 25.1 Å². The van der Waals surface area contributed by atoms with Crippen molar-refractivity contribution in [2.24, 2.45) is 0 Å². The molecule has 2 heterocycles. The number of anilines is 2. The van der Waals surface area contributed by atoms with Gasteiger partial charge in [0.1, 0.15) is 11.4 Å². The first-order valence-corrected chi connectivity index (χ1v) is 11.5. The highest BCUT2D eigenvalue weighted by atomic mass is 19.1. The van der Waals surface area contributed by atoms with E-state index in [1.165, 1.54) is 12.1 Å². The number of carbonyl (C=O) groups excluding carboxylic acids is 3. The minimum atomic E-state index is -0.835. The van der Waals surface area contributed by atoms with Gasteiger partial charge in [-0.2, -0.15) is 0 Å². The number of halogens is 1. The Hall–Kier alpha value is -3.48. The van der Waals surface area contributed by atoms with Crippen molar-refractivity contribution >= 4 is 35.3 Å². The molecule has 0 saturated carbocycles. The fraction of sp³-hybridized carbons (Fsp3) is 0.370. The second kappa shape index (κ2) is 8.38. The Morgan fingerprint density at radius 3 is 2.53 bits per heavy atom. The molecule has 1 N–H and O–H groups in total. The maximum absolute atomic E-state index is 15.3. The van der Waals surface area contributed by atoms with Crippen LogP contribution in [0.1, 0.15) is 62.3 Å². The molecule has 1 saturated heterocycles. The lowest BCUT2D eigenvalue weighted by Crippen LogP contribution is -2.54. The van der Waals surface area contributed by atoms with Crippen molar-refractivity contribution in [1.29, 1.82) is 0 Å². The van der Waals surface area contributed by atoms with Crippen molar-refractivity contribution < 1.29 is 18.8 Å². The van der Waals surface area contributed by atoms with Gasteiger partial charge in [-0.3, -0.25) is 14.9 Å². The van der Waals surface area contributed by atoms with E-state index in [-0.39, 0.29) is 22.6 Å². The average molecular weight is 464 g/mol. The zero-order valence-corrected chi connectivity index (χ0v) is 20.5. The largest absolute Gasteiger partial charge is 0.366 e. The molecule has 2 aliphatic rings. The predicted molar refractivity (Wildman–Crippen MR) is 131 cm³/mol. The number of rotatable bonds is 3. The van der Waals surface area contributed by atoms with Crippen LogP contribution in [0.4, 0.5) is 20.6 Å². The van der Waals surface area contributed by atoms with Gasteiger partial charge < -0.3 is 4.90 Å². The first-order chi connectivity index (χ1) is 16.0. The summed E-state index contributed by atoms with van der Waals surface area (Å²) < 4.78 is 15.3. The zero-order chi connectivity index (χ0) is 24.9. The standard InChI is InChI=1S/C27H30FN3O3/c1-7-30-23-13-21(28)18(11-19(23)16(3)14-27(30,5)6)12-20-24(32)29-26(34)31(25(20)33)22-10-8-9-15(2)17(22)4/h8-13,16H,7,14H2,1-6H3,(H,29,32,34)/b20-12-. The summed E-state index contributed by atoms with van der Waals surface area (Å²) in [5.74, 6) is -1.96. The van der Waals surface area contributed by atoms with E-state index in [9.17, 15) is 14.4 Å². The Morgan fingerprint density at radius 1 is 1.15 bits per heavy atom. The molecule has 0 spiro atoms. The van der Waals surface area contributed by atoms with E-state index in [4.69, 9.17) is 0 Å². The van der Waals surface area contributed by atoms with Gasteiger partial charge in [-0.25, -0.2) is 14.1 Å². The minimum Gasteiger partial charge on any atom is -0.366 e. The molecule has 34 heavy (non-hydrogen) atoms. The number of benzene rings is 2. The van der Waals surface area contributed by atoms with Gasteiger partial charge in [0.05, 0.1) is 5.69 Å². The molecule has 0 radical (unpaired) electrons. The molecule has 2 aromatic carbocycles. The highest BCUT2D eigenvalue weighted by Crippen LogP contribution is 2.44. The number of imide groups is 2. The van der Waals surface area contributed by atoms with Crippen LogP contribution in [0.5, 0.6) is 0 Å². The number of nitrogens with one attached hydrogen (secondary N) is 1. The summed E-state index contributed by atoms with van der Waals surface area (Å²) in [5, 5.41) is 2.22. The van der Waals surface area contributed by atoms with Crippen LogP contribution in [-0.4, -0.2) is 29.9 Å². The molecular formula is C27H30FN3O3. The molecule has 0 bridgehead atoms. The zero-order valence-electron chi connectivity index (χ0n) is 20.5. The van der Waals surface area contributed by atoms with Crippen LogP contribution >= 0.6 is 0 Å². The van der Waals surface area contributed by atoms with Crippen molar-refractivity contribution in [3.63, 3.8) is 0 Å². The summed E-state index contributed by atoms with van der Waals surface area (Å²) >= 11 is 0. The van der Waals surface area contributed by atoms with E-state index in [0.29, 0.717) is 5.69 Å². The van der Waals surface area contributed by atoms with Crippen LogP contribution in [0.3, 0.4) is 0 Å². The Labute approximate surface area is 199 Å². The van der Waals surface area contributed by atoms with Gasteiger partial charge in [0, 0.05) is 23.3 Å². The maximum Gasteiger partial charge on any atom is 0.335 e. The van der Waals surface area contributed by atoms with Crippen LogP contribution in [0.2, 0.25) is 0 Å². The van der Waals surface area contributed by atoms with E-state index in [2.05, 4.69) is 31.0 Å². The molecule has 178 valence electrons. The van der Waals surface area contributed by atoms with Crippen LogP contribution in [0, 0.1) is 19.7 Å². The molecule has 1 unspecified atom stereocenters. The fourth-order valence-electron chi connectivity index (χ4n) is 5.24. The smallest absolute Gasteiger partial charge is 0.335 e. The molecule has 0 aliphatic carbocycles. The van der Waals surface area contributed by atoms with Crippen molar-refractivity contribution in [3.8, 4) is 0 Å². The summed E-state index contributed by atoms with van der Waals surface area (Å²) in [6.07, 6.45) is 2.14. The monoisotopic (exact) mass is 463 g/mol. The lowest BCUT2D eigenvalue weighted by Gasteiger charge is -2.47. The number of nitrogens with zero attached hydrogens (tertiary/aromatic N) is 2. The van der Waals surface area contributed by atoms with E-state index in [1.807, 2.05) is 19.9 Å². The van der Waals surface area contributed by atoms with E-state index < -0.39 is 23.7 Å². The third-order valence-corrected chi connectivity index (χ3v) is 7.04. The number of amides is 4. The Kier molecular flexibility index (Phi) is 5.84. The van der Waals surface area contributed by atoms with Crippen molar-refractivity contribution in [1.82, 2.24) is 5.32 Å². The first-order valence-electron chi connectivity index (χ1n) is 11.5. The van der Waals surface area contributed by atoms with Crippen molar-refractivity contribution in [3.05, 3.63) is 64.0 Å². The Balaban J connectivity index is 1.80. The van der Waals surface area contributed by atoms with Gasteiger partial charge >= 0.3 is 6.03 Å². The second-order valence-corrected chi connectivity index (χ2v) is 9.77. The highest BCUT2D eigenvalue weighted by molar-refractivity contribution is 6.39. The maximum atomic E-state index is 15.3. The highest BCUT2D eigenvalue weighted by Gasteiger charge is 2.39. The molecule has 4 rings (SSSR count). The normalized spacial score (nSPS) is 21.1. The van der Waals surface area contributed by atoms with Crippen LogP contribution in [0.25, 0.3) is 6.08 Å². The van der Waals surface area contributed by atoms with Crippen LogP contribution in [0.15, 0.2) is 35.9 Å². The summed E-state index contributed by atoms with van der Waals surface area (Å²) in [7, 11) is 0. The van der Waals surface area contributed by atoms with Crippen molar-refractivity contribution in [2.75, 3.05) is 16.3 Å². The third-order valence-electron chi connectivity index (χ3n) is 7.04. The SMILES string of the molecule is CCN1c2cc(F)c(/C=C3/C(=O)NC(=O)N(c4cccc(C)c4C)C3=O)cc2C(C)CC1(C)C. The molecule has 7 heteroatoms. The number of carbonyl (C=O) groups is 3. The topological polar surface area (TPSA) is 69.7 Å². The van der Waals surface area contributed by atoms with Crippen LogP contribution < -0.4 is 15.1 Å². The molecule has 2 aromatic rings. The fourth-order valence-corrected chi connectivity index (χ4v) is 5.24. The van der Waals surface area contributed by atoms with E-state index in [0.717, 1.165) is 40.2 Å². The van der Waals surface area contributed by atoms with Crippen molar-refractivity contribution in [2.45, 2.75) is 59.4 Å². The van der Waals surface area contributed by atoms with Gasteiger partial charge in [0.25, 0.3) is 11.8 Å². The quantitative estimate of drug-likeness (QED) is 0.500. The Morgan fingerprint density at radius 2 is 1.85 bits per heavy atom. The van der Waals surface area contributed by atoms with Gasteiger partial charge in [0.15, 0.2) is 0 Å². The van der Waals surface area contributed by atoms with Gasteiger partial charge in [0.2, 0.25) is 0 Å². The van der Waals surface area contributed by atoms with Gasteiger partial charge in [-0.15, -0.1) is 0 Å². The second-order valence-electron chi connectivity index (χ2n) is 9.77. The number of aryl methyl sites for hydroxylation is 1. The first kappa shape index (κ1) is 23.7. The lowest BCUT2D eigenvalue weighted by molar-refractivity contribution is -0.122. The van der Waals surface area contributed by atoms with E-state index >= 15 is 4.39 Å². The molecule has 4 amide bonds. The summed E-state index contributed by atoms with van der Waals surface area (Å²) in [6.45, 7) is 12.8. The summed E-state index contributed by atoms with van der Waals surface area (Å²) in [5.41, 5.74) is 3.60. The third kappa shape index (κ3) is 3.79. The molecule has 1 atom stereocenters. The average Bonchev–Trinajstić information content (AvgIpc) is 2.74. The number of barbiturate groups is 1. The molecule has 1 fully saturated rings. The Bertz CT molecular complexity index is 1250. The minimum absolute atomic E-state index is 0.112.